The van der Waals surface area contributed by atoms with Crippen molar-refractivity contribution in [2.45, 2.75) is 13.5 Å². The Morgan fingerprint density at radius 2 is 2.00 bits per heavy atom. The molecule has 5 nitrogen and oxygen atoms in total. The van der Waals surface area contributed by atoms with E-state index in [1.165, 1.54) is 0 Å². The van der Waals surface area contributed by atoms with Gasteiger partial charge in [-0.3, -0.25) is 0 Å². The topological polar surface area (TPSA) is 63.7 Å². The summed E-state index contributed by atoms with van der Waals surface area (Å²) in [5.74, 6) is 0.853. The van der Waals surface area contributed by atoms with Gasteiger partial charge in [0.05, 0.1) is 12.2 Å². The molecule has 0 fully saturated rings. The van der Waals surface area contributed by atoms with Gasteiger partial charge in [0.1, 0.15) is 18.4 Å². The van der Waals surface area contributed by atoms with Gasteiger partial charge in [-0.1, -0.05) is 41.6 Å². The second-order valence-electron chi connectivity index (χ2n) is 4.68. The molecule has 0 saturated carbocycles. The molecule has 2 aromatic carbocycles. The number of nitrogens with zero attached hydrogens (tertiary/aromatic N) is 4. The highest BCUT2D eigenvalue weighted by Gasteiger charge is 2.07. The van der Waals surface area contributed by atoms with Crippen molar-refractivity contribution in [1.82, 2.24) is 15.0 Å². The molecule has 5 heteroatoms. The summed E-state index contributed by atoms with van der Waals surface area (Å²) < 4.78 is 7.53. The van der Waals surface area contributed by atoms with Gasteiger partial charge in [-0.15, -0.1) is 5.10 Å². The maximum atomic E-state index is 8.86. The lowest BCUT2D eigenvalue weighted by molar-refractivity contribution is 0.291. The first kappa shape index (κ1) is 13.1. The van der Waals surface area contributed by atoms with Crippen LogP contribution in [0.25, 0.3) is 10.8 Å². The van der Waals surface area contributed by atoms with Gasteiger partial charge in [-0.2, -0.15) is 5.26 Å². The SMILES string of the molecule is Cc1c(C#N)nnn1CCOc1cccc2ccccc12. The normalized spacial score (nSPS) is 10.5. The van der Waals surface area contributed by atoms with E-state index in [4.69, 9.17) is 10.00 Å². The van der Waals surface area contributed by atoms with E-state index in [2.05, 4.69) is 22.4 Å². The average Bonchev–Trinajstić information content (AvgIpc) is 2.88. The van der Waals surface area contributed by atoms with E-state index < -0.39 is 0 Å². The van der Waals surface area contributed by atoms with E-state index in [9.17, 15) is 0 Å². The largest absolute Gasteiger partial charge is 0.491 e. The summed E-state index contributed by atoms with van der Waals surface area (Å²) in [5, 5.41) is 18.8. The molecule has 0 aliphatic carbocycles. The molecule has 0 aliphatic heterocycles. The third kappa shape index (κ3) is 2.56. The Hall–Kier alpha value is -2.87. The molecule has 21 heavy (non-hydrogen) atoms. The standard InChI is InChI=1S/C16H14N4O/c1-12-15(11-17)18-19-20(12)9-10-21-16-8-4-6-13-5-2-3-7-14(13)16/h2-8H,9-10H2,1H3. The van der Waals surface area contributed by atoms with Crippen molar-refractivity contribution in [1.29, 1.82) is 5.26 Å². The minimum atomic E-state index is 0.361. The Morgan fingerprint density at radius 1 is 1.19 bits per heavy atom. The number of aromatic nitrogens is 3. The number of benzene rings is 2. The zero-order chi connectivity index (χ0) is 14.7. The molecule has 1 aromatic heterocycles. The van der Waals surface area contributed by atoms with Crippen LogP contribution in [0.5, 0.6) is 5.75 Å². The van der Waals surface area contributed by atoms with Crippen LogP contribution >= 0.6 is 0 Å². The van der Waals surface area contributed by atoms with Crippen molar-refractivity contribution in [2.75, 3.05) is 6.61 Å². The van der Waals surface area contributed by atoms with E-state index in [0.717, 1.165) is 22.2 Å². The highest BCUT2D eigenvalue weighted by Crippen LogP contribution is 2.25. The van der Waals surface area contributed by atoms with Crippen molar-refractivity contribution in [3.63, 3.8) is 0 Å². The fourth-order valence-electron chi connectivity index (χ4n) is 2.24. The first-order valence-electron chi connectivity index (χ1n) is 6.70. The number of rotatable bonds is 4. The zero-order valence-electron chi connectivity index (χ0n) is 11.7. The minimum absolute atomic E-state index is 0.361. The monoisotopic (exact) mass is 278 g/mol. The molecule has 0 spiro atoms. The van der Waals surface area contributed by atoms with Gasteiger partial charge in [0.25, 0.3) is 0 Å². The van der Waals surface area contributed by atoms with Gasteiger partial charge in [-0.25, -0.2) is 4.68 Å². The van der Waals surface area contributed by atoms with Crippen molar-refractivity contribution in [3.8, 4) is 11.8 Å². The molecular formula is C16H14N4O. The van der Waals surface area contributed by atoms with Crippen LogP contribution in [0.3, 0.4) is 0 Å². The summed E-state index contributed by atoms with van der Waals surface area (Å²) in [4.78, 5) is 0. The summed E-state index contributed by atoms with van der Waals surface area (Å²) in [6.45, 7) is 2.86. The Bertz CT molecular complexity index is 811. The average molecular weight is 278 g/mol. The number of ether oxygens (including phenoxy) is 1. The van der Waals surface area contributed by atoms with Gasteiger partial charge < -0.3 is 4.74 Å². The zero-order valence-corrected chi connectivity index (χ0v) is 11.7. The van der Waals surface area contributed by atoms with Crippen molar-refractivity contribution >= 4 is 10.8 Å². The molecule has 1 heterocycles. The molecule has 0 unspecified atom stereocenters. The first-order chi connectivity index (χ1) is 10.3. The van der Waals surface area contributed by atoms with Gasteiger partial charge in [0.2, 0.25) is 0 Å². The summed E-state index contributed by atoms with van der Waals surface area (Å²) >= 11 is 0. The third-order valence-corrected chi connectivity index (χ3v) is 3.40. The van der Waals surface area contributed by atoms with Gasteiger partial charge in [0.15, 0.2) is 5.69 Å². The van der Waals surface area contributed by atoms with E-state index in [0.29, 0.717) is 18.8 Å². The van der Waals surface area contributed by atoms with Crippen molar-refractivity contribution in [3.05, 3.63) is 53.9 Å². The summed E-state index contributed by atoms with van der Waals surface area (Å²) in [6.07, 6.45) is 0. The van der Waals surface area contributed by atoms with Crippen LogP contribution in [0.2, 0.25) is 0 Å². The molecule has 0 atom stereocenters. The highest BCUT2D eigenvalue weighted by molar-refractivity contribution is 5.88. The number of hydrogen-bond acceptors (Lipinski definition) is 4. The molecule has 3 rings (SSSR count). The predicted molar refractivity (Wildman–Crippen MR) is 78.9 cm³/mol. The fourth-order valence-corrected chi connectivity index (χ4v) is 2.24. The number of fused-ring (bicyclic) bond motifs is 1. The highest BCUT2D eigenvalue weighted by atomic mass is 16.5. The first-order valence-corrected chi connectivity index (χ1v) is 6.70. The Morgan fingerprint density at radius 3 is 2.81 bits per heavy atom. The summed E-state index contributed by atoms with van der Waals surface area (Å²) in [7, 11) is 0. The van der Waals surface area contributed by atoms with Gasteiger partial charge in [0, 0.05) is 5.39 Å². The minimum Gasteiger partial charge on any atom is -0.491 e. The lowest BCUT2D eigenvalue weighted by Gasteiger charge is -2.09. The Labute approximate surface area is 122 Å². The molecule has 0 N–H and O–H groups in total. The predicted octanol–water partition coefficient (Wildman–Crippen LogP) is 2.69. The van der Waals surface area contributed by atoms with Gasteiger partial charge in [-0.05, 0) is 18.4 Å². The van der Waals surface area contributed by atoms with Crippen LogP contribution in [0.4, 0.5) is 0 Å². The smallest absolute Gasteiger partial charge is 0.185 e. The Balaban J connectivity index is 1.72. The quantitative estimate of drug-likeness (QED) is 0.736. The molecule has 0 amide bonds. The van der Waals surface area contributed by atoms with E-state index in [-0.39, 0.29) is 0 Å². The molecular weight excluding hydrogens is 264 g/mol. The summed E-state index contributed by atoms with van der Waals surface area (Å²) in [5.41, 5.74) is 1.12. The lowest BCUT2D eigenvalue weighted by atomic mass is 10.1. The van der Waals surface area contributed by atoms with Crippen LogP contribution in [0, 0.1) is 18.3 Å². The maximum absolute atomic E-state index is 8.86. The number of hydrogen-bond donors (Lipinski definition) is 0. The van der Waals surface area contributed by atoms with Crippen molar-refractivity contribution in [2.24, 2.45) is 0 Å². The van der Waals surface area contributed by atoms with Crippen LogP contribution < -0.4 is 4.74 Å². The fraction of sp³-hybridized carbons (Fsp3) is 0.188. The second-order valence-corrected chi connectivity index (χ2v) is 4.68. The third-order valence-electron chi connectivity index (χ3n) is 3.40. The van der Waals surface area contributed by atoms with Crippen molar-refractivity contribution < 1.29 is 4.74 Å². The summed E-state index contributed by atoms with van der Waals surface area (Å²) in [6, 6.07) is 16.1. The molecule has 0 saturated heterocycles. The molecule has 3 aromatic rings. The molecule has 0 bridgehead atoms. The Kier molecular flexibility index (Phi) is 3.52. The second kappa shape index (κ2) is 5.63. The van der Waals surface area contributed by atoms with E-state index in [1.807, 2.05) is 43.3 Å². The number of nitriles is 1. The lowest BCUT2D eigenvalue weighted by Crippen LogP contribution is -2.11. The van der Waals surface area contributed by atoms with E-state index in [1.54, 1.807) is 4.68 Å². The molecule has 0 radical (unpaired) electrons. The molecule has 104 valence electrons. The van der Waals surface area contributed by atoms with Crippen LogP contribution in [0.1, 0.15) is 11.4 Å². The van der Waals surface area contributed by atoms with Crippen LogP contribution in [0.15, 0.2) is 42.5 Å². The maximum Gasteiger partial charge on any atom is 0.185 e. The van der Waals surface area contributed by atoms with E-state index >= 15 is 0 Å². The molecule has 0 aliphatic rings. The van der Waals surface area contributed by atoms with Crippen LogP contribution in [-0.2, 0) is 6.54 Å². The van der Waals surface area contributed by atoms with Crippen LogP contribution in [-0.4, -0.2) is 21.6 Å². The van der Waals surface area contributed by atoms with Gasteiger partial charge >= 0.3 is 0 Å².